The third kappa shape index (κ3) is 1.93. The van der Waals surface area contributed by atoms with Gasteiger partial charge in [0.05, 0.1) is 0 Å². The molecule has 2 nitrogen and oxygen atoms in total. The molecule has 0 fully saturated rings. The second-order valence-electron chi connectivity index (χ2n) is 3.47. The molecule has 72 valence electrons. The Morgan fingerprint density at radius 1 is 1.69 bits per heavy atom. The van der Waals surface area contributed by atoms with Crippen LogP contribution in [0.15, 0.2) is 11.4 Å². The van der Waals surface area contributed by atoms with E-state index in [1.54, 1.807) is 4.88 Å². The zero-order valence-corrected chi connectivity index (χ0v) is 8.79. The minimum atomic E-state index is 0.522. The summed E-state index contributed by atoms with van der Waals surface area (Å²) >= 11 is 1.90. The number of aryl methyl sites for hydroxylation is 1. The van der Waals surface area contributed by atoms with Gasteiger partial charge in [0.2, 0.25) is 0 Å². The molecule has 0 aromatic carbocycles. The maximum absolute atomic E-state index is 3.57. The van der Waals surface area contributed by atoms with E-state index in [0.29, 0.717) is 6.04 Å². The van der Waals surface area contributed by atoms with E-state index in [1.807, 2.05) is 18.4 Å². The molecule has 13 heavy (non-hydrogen) atoms. The highest BCUT2D eigenvalue weighted by Gasteiger charge is 2.17. The summed E-state index contributed by atoms with van der Waals surface area (Å²) < 4.78 is 0. The van der Waals surface area contributed by atoms with Crippen LogP contribution in [0.1, 0.15) is 22.9 Å². The number of likely N-dealkylation sites (N-methyl/N-ethyl adjacent to an activating group) is 1. The average Bonchev–Trinajstić information content (AvgIpc) is 2.52. The Hall–Kier alpha value is -0.380. The molecule has 0 unspecified atom stereocenters. The van der Waals surface area contributed by atoms with Crippen molar-refractivity contribution in [2.75, 3.05) is 20.1 Å². The van der Waals surface area contributed by atoms with Gasteiger partial charge >= 0.3 is 0 Å². The largest absolute Gasteiger partial charge is 0.318 e. The van der Waals surface area contributed by atoms with E-state index in [9.17, 15) is 0 Å². The van der Waals surface area contributed by atoms with Crippen LogP contribution in [-0.4, -0.2) is 20.1 Å². The van der Waals surface area contributed by atoms with Crippen molar-refractivity contribution in [2.24, 2.45) is 0 Å². The Labute approximate surface area is 83.4 Å². The summed E-state index contributed by atoms with van der Waals surface area (Å²) in [7, 11) is 2.01. The molecule has 0 saturated heterocycles. The van der Waals surface area contributed by atoms with Crippen molar-refractivity contribution in [1.82, 2.24) is 10.6 Å². The van der Waals surface area contributed by atoms with Gasteiger partial charge in [-0.1, -0.05) is 0 Å². The summed E-state index contributed by atoms with van der Waals surface area (Å²) in [5.41, 5.74) is 1.51. The van der Waals surface area contributed by atoms with Gasteiger partial charge in [-0.3, -0.25) is 0 Å². The van der Waals surface area contributed by atoms with Crippen molar-refractivity contribution in [2.45, 2.75) is 18.9 Å². The smallest absolute Gasteiger partial charge is 0.0457 e. The molecule has 0 bridgehead atoms. The van der Waals surface area contributed by atoms with Gasteiger partial charge in [0.25, 0.3) is 0 Å². The van der Waals surface area contributed by atoms with Crippen molar-refractivity contribution >= 4 is 11.3 Å². The van der Waals surface area contributed by atoms with Gasteiger partial charge < -0.3 is 10.6 Å². The number of hydrogen-bond acceptors (Lipinski definition) is 3. The maximum atomic E-state index is 3.57. The van der Waals surface area contributed by atoms with E-state index < -0.39 is 0 Å². The first-order valence-corrected chi connectivity index (χ1v) is 5.74. The normalized spacial score (nSPS) is 22.4. The van der Waals surface area contributed by atoms with Crippen LogP contribution >= 0.6 is 11.3 Å². The lowest BCUT2D eigenvalue weighted by atomic mass is 10.1. The number of thiophene rings is 1. The second kappa shape index (κ2) is 4.22. The quantitative estimate of drug-likeness (QED) is 0.750. The number of hydrogen-bond donors (Lipinski definition) is 2. The molecule has 0 saturated carbocycles. The highest BCUT2D eigenvalue weighted by atomic mass is 32.1. The summed E-state index contributed by atoms with van der Waals surface area (Å²) in [5.74, 6) is 0. The van der Waals surface area contributed by atoms with Crippen LogP contribution in [0, 0.1) is 0 Å². The summed E-state index contributed by atoms with van der Waals surface area (Å²) in [6, 6.07) is 2.79. The topological polar surface area (TPSA) is 24.1 Å². The van der Waals surface area contributed by atoms with Crippen molar-refractivity contribution in [3.8, 4) is 0 Å². The van der Waals surface area contributed by atoms with Gasteiger partial charge in [-0.05, 0) is 43.4 Å². The Morgan fingerprint density at radius 3 is 3.46 bits per heavy atom. The Kier molecular flexibility index (Phi) is 2.98. The zero-order valence-electron chi connectivity index (χ0n) is 7.97. The molecule has 1 atom stereocenters. The van der Waals surface area contributed by atoms with Crippen molar-refractivity contribution in [1.29, 1.82) is 0 Å². The molecule has 3 heteroatoms. The van der Waals surface area contributed by atoms with Crippen LogP contribution in [0.4, 0.5) is 0 Å². The fraction of sp³-hybridized carbons (Fsp3) is 0.600. The molecule has 1 aliphatic heterocycles. The first-order valence-electron chi connectivity index (χ1n) is 4.86. The fourth-order valence-electron chi connectivity index (χ4n) is 1.89. The molecule has 1 aromatic rings. The first-order chi connectivity index (χ1) is 6.42. The second-order valence-corrected chi connectivity index (χ2v) is 4.47. The van der Waals surface area contributed by atoms with E-state index in [-0.39, 0.29) is 0 Å². The highest BCUT2D eigenvalue weighted by Crippen LogP contribution is 2.26. The van der Waals surface area contributed by atoms with Gasteiger partial charge in [0, 0.05) is 17.5 Å². The molecule has 0 radical (unpaired) electrons. The van der Waals surface area contributed by atoms with E-state index in [1.165, 1.54) is 18.4 Å². The van der Waals surface area contributed by atoms with E-state index in [4.69, 9.17) is 0 Å². The summed E-state index contributed by atoms with van der Waals surface area (Å²) in [5, 5.41) is 9.02. The van der Waals surface area contributed by atoms with Crippen LogP contribution in [0.5, 0.6) is 0 Å². The van der Waals surface area contributed by atoms with Crippen LogP contribution < -0.4 is 10.6 Å². The van der Waals surface area contributed by atoms with Crippen LogP contribution in [0.2, 0.25) is 0 Å². The number of rotatable bonds is 2. The van der Waals surface area contributed by atoms with Gasteiger partial charge in [-0.2, -0.15) is 0 Å². The summed E-state index contributed by atoms with van der Waals surface area (Å²) in [4.78, 5) is 1.57. The van der Waals surface area contributed by atoms with Crippen LogP contribution in [0.25, 0.3) is 0 Å². The van der Waals surface area contributed by atoms with Crippen molar-refractivity contribution in [3.63, 3.8) is 0 Å². The lowest BCUT2D eigenvalue weighted by molar-refractivity contribution is 0.518. The molecule has 2 rings (SSSR count). The maximum Gasteiger partial charge on any atom is 0.0457 e. The molecule has 0 amide bonds. The predicted molar refractivity (Wildman–Crippen MR) is 57.3 cm³/mol. The first kappa shape index (κ1) is 9.19. The third-order valence-corrected chi connectivity index (χ3v) is 3.53. The van der Waals surface area contributed by atoms with Gasteiger partial charge in [-0.15, -0.1) is 11.3 Å². The van der Waals surface area contributed by atoms with Crippen molar-refractivity contribution in [3.05, 3.63) is 21.9 Å². The molecule has 2 heterocycles. The third-order valence-electron chi connectivity index (χ3n) is 2.53. The predicted octanol–water partition coefficient (Wildman–Crippen LogP) is 1.54. The minimum Gasteiger partial charge on any atom is -0.318 e. The fourth-order valence-corrected chi connectivity index (χ4v) is 2.87. The Bertz CT molecular complexity index is 270. The highest BCUT2D eigenvalue weighted by molar-refractivity contribution is 7.10. The molecular formula is C10H16N2S. The Morgan fingerprint density at radius 2 is 2.62 bits per heavy atom. The number of nitrogens with one attached hydrogen (secondary N) is 2. The van der Waals surface area contributed by atoms with Crippen LogP contribution in [0.3, 0.4) is 0 Å². The van der Waals surface area contributed by atoms with Gasteiger partial charge in [0.15, 0.2) is 0 Å². The summed E-state index contributed by atoms with van der Waals surface area (Å²) in [6.07, 6.45) is 2.52. The monoisotopic (exact) mass is 196 g/mol. The standard InChI is InChI=1S/C10H16N2S/c1-11-7-9-8-4-6-13-10(8)3-2-5-12-9/h4,6,9,11-12H,2-3,5,7H2,1H3/t9-/m1/s1. The molecular weight excluding hydrogens is 180 g/mol. The Balaban J connectivity index is 2.20. The minimum absolute atomic E-state index is 0.522. The number of fused-ring (bicyclic) bond motifs is 1. The molecule has 2 N–H and O–H groups in total. The lowest BCUT2D eigenvalue weighted by Gasteiger charge is -2.15. The molecule has 0 spiro atoms. The SMILES string of the molecule is CNC[C@H]1NCCCc2sccc21. The van der Waals surface area contributed by atoms with E-state index >= 15 is 0 Å². The van der Waals surface area contributed by atoms with Crippen LogP contribution in [-0.2, 0) is 6.42 Å². The zero-order chi connectivity index (χ0) is 9.10. The summed E-state index contributed by atoms with van der Waals surface area (Å²) in [6.45, 7) is 2.18. The molecule has 1 aromatic heterocycles. The molecule has 1 aliphatic rings. The lowest BCUT2D eigenvalue weighted by Crippen LogP contribution is -2.29. The molecule has 0 aliphatic carbocycles. The van der Waals surface area contributed by atoms with E-state index in [2.05, 4.69) is 22.1 Å². The van der Waals surface area contributed by atoms with E-state index in [0.717, 1.165) is 13.1 Å². The van der Waals surface area contributed by atoms with Gasteiger partial charge in [0.1, 0.15) is 0 Å². The van der Waals surface area contributed by atoms with Gasteiger partial charge in [-0.25, -0.2) is 0 Å². The average molecular weight is 196 g/mol. The van der Waals surface area contributed by atoms with Crippen molar-refractivity contribution < 1.29 is 0 Å².